The fraction of sp³-hybridized carbons (Fsp3) is 0.222. The number of aromatic nitrogens is 2. The van der Waals surface area contributed by atoms with Gasteiger partial charge < -0.3 is 20.3 Å². The van der Waals surface area contributed by atoms with E-state index in [-0.39, 0.29) is 35.0 Å². The first-order valence-electron chi connectivity index (χ1n) is 8.25. The Kier molecular flexibility index (Phi) is 3.83. The number of aliphatic hydroxyl groups excluding tert-OH is 1. The van der Waals surface area contributed by atoms with E-state index in [0.717, 1.165) is 4.90 Å². The van der Waals surface area contributed by atoms with Crippen molar-refractivity contribution in [2.24, 2.45) is 5.73 Å². The average molecular weight is 381 g/mol. The van der Waals surface area contributed by atoms with Crippen LogP contribution in [0.2, 0.25) is 0 Å². The van der Waals surface area contributed by atoms with Crippen molar-refractivity contribution in [1.82, 2.24) is 10.2 Å². The zero-order valence-electron chi connectivity index (χ0n) is 14.7. The van der Waals surface area contributed by atoms with Crippen molar-refractivity contribution in [3.63, 3.8) is 0 Å². The highest BCUT2D eigenvalue weighted by Crippen LogP contribution is 2.55. The number of nitrogens with one attached hydrogen (secondary N) is 1. The van der Waals surface area contributed by atoms with E-state index in [0.29, 0.717) is 11.3 Å². The number of hydrogen-bond donors (Lipinski definition) is 3. The number of hydrogen-bond acceptors (Lipinski definition) is 8. The number of H-pyrrole nitrogens is 1. The fourth-order valence-electron chi connectivity index (χ4n) is 3.84. The second-order valence-electron chi connectivity index (χ2n) is 6.23. The molecule has 1 unspecified atom stereocenters. The van der Waals surface area contributed by atoms with Crippen LogP contribution in [-0.4, -0.2) is 41.0 Å². The molecule has 0 radical (unpaired) electrons. The van der Waals surface area contributed by atoms with E-state index in [1.807, 2.05) is 6.07 Å². The van der Waals surface area contributed by atoms with Crippen LogP contribution in [0.15, 0.2) is 35.7 Å². The van der Waals surface area contributed by atoms with Gasteiger partial charge in [-0.1, -0.05) is 18.2 Å². The molecule has 1 aromatic carbocycles. The second kappa shape index (κ2) is 6.11. The number of methoxy groups -OCH3 is 1. The maximum absolute atomic E-state index is 13.6. The van der Waals surface area contributed by atoms with Crippen molar-refractivity contribution < 1.29 is 24.2 Å². The van der Waals surface area contributed by atoms with Crippen LogP contribution in [0.1, 0.15) is 16.8 Å². The van der Waals surface area contributed by atoms with Crippen LogP contribution in [0.3, 0.4) is 0 Å². The number of nitrogens with two attached hydrogens (primary N) is 1. The summed E-state index contributed by atoms with van der Waals surface area (Å²) in [7, 11) is 1.24. The first-order chi connectivity index (χ1) is 13.5. The Morgan fingerprint density at radius 2 is 2.25 bits per heavy atom. The molecule has 4 N–H and O–H groups in total. The smallest absolute Gasteiger partial charge is 0.311 e. The number of para-hydroxylation sites is 1. The van der Waals surface area contributed by atoms with Crippen LogP contribution in [0.5, 0.6) is 5.88 Å². The van der Waals surface area contributed by atoms with Crippen molar-refractivity contribution in [2.75, 3.05) is 18.7 Å². The van der Waals surface area contributed by atoms with Crippen LogP contribution >= 0.6 is 0 Å². The molecule has 142 valence electrons. The molecule has 1 atom stereocenters. The summed E-state index contributed by atoms with van der Waals surface area (Å²) in [6.45, 7) is -0.601. The van der Waals surface area contributed by atoms with Crippen LogP contribution < -0.4 is 15.4 Å². The van der Waals surface area contributed by atoms with Crippen LogP contribution in [0.4, 0.5) is 5.69 Å². The standard InChI is InChI=1S/C18H15N5O5/c1-27-13(25)6-11-14-16(22-21-11)28-15(20)10(7-19)18(14)9-4-2-3-5-12(9)23(8-24)17(18)26/h2-5,24H,6,8,20H2,1H3,(H,21,22). The van der Waals surface area contributed by atoms with Crippen LogP contribution in [0.25, 0.3) is 0 Å². The molecule has 2 aromatic rings. The molecule has 4 rings (SSSR count). The maximum Gasteiger partial charge on any atom is 0.311 e. The van der Waals surface area contributed by atoms with E-state index >= 15 is 0 Å². The zero-order valence-corrected chi connectivity index (χ0v) is 14.7. The summed E-state index contributed by atoms with van der Waals surface area (Å²) >= 11 is 0. The molecule has 0 saturated carbocycles. The molecule has 0 saturated heterocycles. The Hall–Kier alpha value is -3.84. The number of anilines is 1. The van der Waals surface area contributed by atoms with Gasteiger partial charge in [-0.2, -0.15) is 5.26 Å². The van der Waals surface area contributed by atoms with Gasteiger partial charge in [0, 0.05) is 5.56 Å². The molecule has 10 heteroatoms. The van der Waals surface area contributed by atoms with Crippen molar-refractivity contribution in [2.45, 2.75) is 11.8 Å². The Balaban J connectivity index is 2.09. The molecule has 2 aliphatic heterocycles. The lowest BCUT2D eigenvalue weighted by molar-refractivity contribution is -0.139. The quantitative estimate of drug-likeness (QED) is 0.617. The highest BCUT2D eigenvalue weighted by molar-refractivity contribution is 6.14. The minimum absolute atomic E-state index is 0.0154. The van der Waals surface area contributed by atoms with Gasteiger partial charge >= 0.3 is 5.97 Å². The van der Waals surface area contributed by atoms with Gasteiger partial charge in [-0.15, -0.1) is 5.10 Å². The zero-order chi connectivity index (χ0) is 20.1. The van der Waals surface area contributed by atoms with E-state index < -0.39 is 24.0 Å². The third-order valence-corrected chi connectivity index (χ3v) is 4.98. The molecule has 0 aliphatic carbocycles. The lowest BCUT2D eigenvalue weighted by Gasteiger charge is -2.32. The van der Waals surface area contributed by atoms with Gasteiger partial charge in [0.25, 0.3) is 0 Å². The third-order valence-electron chi connectivity index (χ3n) is 4.98. The van der Waals surface area contributed by atoms with E-state index in [2.05, 4.69) is 10.2 Å². The average Bonchev–Trinajstić information content (AvgIpc) is 3.19. The lowest BCUT2D eigenvalue weighted by Crippen LogP contribution is -2.46. The molecular weight excluding hydrogens is 366 g/mol. The number of benzene rings is 1. The summed E-state index contributed by atoms with van der Waals surface area (Å²) in [5, 5.41) is 26.4. The van der Waals surface area contributed by atoms with Crippen LogP contribution in [-0.2, 0) is 26.2 Å². The molecule has 1 aromatic heterocycles. The first kappa shape index (κ1) is 17.6. The van der Waals surface area contributed by atoms with Gasteiger partial charge in [0.05, 0.1) is 30.5 Å². The minimum Gasteiger partial charge on any atom is -0.469 e. The predicted molar refractivity (Wildman–Crippen MR) is 93.6 cm³/mol. The Morgan fingerprint density at radius 3 is 2.93 bits per heavy atom. The van der Waals surface area contributed by atoms with Gasteiger partial charge in [-0.05, 0) is 6.07 Å². The SMILES string of the molecule is COC(=O)Cc1[nH]nc2c1C1(C(=O)N(CO)c3ccccc31)C(C#N)=C(N)O2. The Bertz CT molecular complexity index is 1080. The van der Waals surface area contributed by atoms with Gasteiger partial charge in [0.15, 0.2) is 0 Å². The van der Waals surface area contributed by atoms with Crippen molar-refractivity contribution in [3.8, 4) is 11.9 Å². The van der Waals surface area contributed by atoms with Crippen LogP contribution in [0, 0.1) is 11.3 Å². The van der Waals surface area contributed by atoms with E-state index in [9.17, 15) is 20.0 Å². The summed E-state index contributed by atoms with van der Waals surface area (Å²) < 4.78 is 10.2. The van der Waals surface area contributed by atoms with Crippen molar-refractivity contribution >= 4 is 17.6 Å². The summed E-state index contributed by atoms with van der Waals surface area (Å²) in [5.41, 5.74) is 5.45. The summed E-state index contributed by atoms with van der Waals surface area (Å²) in [6, 6.07) is 8.70. The molecule has 2 aliphatic rings. The van der Waals surface area contributed by atoms with E-state index in [4.69, 9.17) is 15.2 Å². The summed E-state index contributed by atoms with van der Waals surface area (Å²) in [6.07, 6.45) is -0.225. The number of aromatic amines is 1. The van der Waals surface area contributed by atoms with Gasteiger partial charge in [0.1, 0.15) is 23.8 Å². The van der Waals surface area contributed by atoms with Crippen molar-refractivity contribution in [1.29, 1.82) is 5.26 Å². The monoisotopic (exact) mass is 381 g/mol. The first-order valence-corrected chi connectivity index (χ1v) is 8.25. The molecule has 1 spiro atoms. The number of aliphatic hydroxyl groups is 1. The highest BCUT2D eigenvalue weighted by atomic mass is 16.5. The number of ether oxygens (including phenoxy) is 2. The highest BCUT2D eigenvalue weighted by Gasteiger charge is 2.61. The van der Waals surface area contributed by atoms with E-state index in [1.165, 1.54) is 7.11 Å². The number of rotatable bonds is 3. The topological polar surface area (TPSA) is 155 Å². The molecule has 0 fully saturated rings. The van der Waals surface area contributed by atoms with Gasteiger partial charge in [0.2, 0.25) is 17.7 Å². The number of nitrogens with zero attached hydrogens (tertiary/aromatic N) is 3. The third kappa shape index (κ3) is 2.02. The molecule has 3 heterocycles. The number of nitriles is 1. The lowest BCUT2D eigenvalue weighted by atomic mass is 9.69. The Morgan fingerprint density at radius 1 is 1.50 bits per heavy atom. The minimum atomic E-state index is -1.69. The second-order valence-corrected chi connectivity index (χ2v) is 6.23. The molecule has 10 nitrogen and oxygen atoms in total. The van der Waals surface area contributed by atoms with Gasteiger partial charge in [-0.25, -0.2) is 0 Å². The summed E-state index contributed by atoms with van der Waals surface area (Å²) in [4.78, 5) is 26.6. The van der Waals surface area contributed by atoms with Gasteiger partial charge in [-0.3, -0.25) is 19.6 Å². The number of amides is 1. The number of carbonyl (C=O) groups is 2. The van der Waals surface area contributed by atoms with Crippen molar-refractivity contribution in [3.05, 3.63) is 52.5 Å². The predicted octanol–water partition coefficient (Wildman–Crippen LogP) is -0.206. The number of esters is 1. The molecule has 1 amide bonds. The molecule has 28 heavy (non-hydrogen) atoms. The fourth-order valence-corrected chi connectivity index (χ4v) is 3.84. The maximum atomic E-state index is 13.6. The Labute approximate surface area is 158 Å². The van der Waals surface area contributed by atoms with E-state index in [1.54, 1.807) is 24.3 Å². The number of carbonyl (C=O) groups excluding carboxylic acids is 2. The summed E-state index contributed by atoms with van der Waals surface area (Å²) in [5.74, 6) is -1.44. The normalized spacial score (nSPS) is 19.9. The largest absolute Gasteiger partial charge is 0.469 e. The molecule has 0 bridgehead atoms. The molecular formula is C18H15N5O5. The number of fused-ring (bicyclic) bond motifs is 4.